The average molecular weight is 729 g/mol. The second kappa shape index (κ2) is 25.8. The first-order chi connectivity index (χ1) is 23.8. The number of rotatable bonds is 11. The van der Waals surface area contributed by atoms with Gasteiger partial charge in [-0.25, -0.2) is 8.78 Å². The van der Waals surface area contributed by atoms with E-state index < -0.39 is 24.1 Å². The molecule has 286 valence electrons. The summed E-state index contributed by atoms with van der Waals surface area (Å²) in [7, 11) is 3.96. The molecule has 3 rings (SSSR count). The van der Waals surface area contributed by atoms with Crippen LogP contribution in [-0.4, -0.2) is 86.5 Å². The summed E-state index contributed by atoms with van der Waals surface area (Å²) in [6.45, 7) is 11.4. The molecule has 0 unspecified atom stereocenters. The third-order valence-corrected chi connectivity index (χ3v) is 6.31. The normalized spacial score (nSPS) is 10.4. The van der Waals surface area contributed by atoms with Crippen LogP contribution in [0.4, 0.5) is 22.0 Å². The summed E-state index contributed by atoms with van der Waals surface area (Å²) in [4.78, 5) is 44.6. The van der Waals surface area contributed by atoms with Gasteiger partial charge in [-0.3, -0.25) is 19.3 Å². The Labute approximate surface area is 297 Å². The van der Waals surface area contributed by atoms with Crippen molar-refractivity contribution in [2.24, 2.45) is 11.7 Å². The molecule has 0 saturated heterocycles. The van der Waals surface area contributed by atoms with Crippen molar-refractivity contribution in [3.63, 3.8) is 0 Å². The van der Waals surface area contributed by atoms with Gasteiger partial charge in [-0.2, -0.15) is 13.2 Å². The number of aliphatic hydroxyl groups excluding tert-OH is 1. The molecule has 0 amide bonds. The van der Waals surface area contributed by atoms with Crippen molar-refractivity contribution in [1.29, 1.82) is 0 Å². The van der Waals surface area contributed by atoms with Gasteiger partial charge in [0.2, 0.25) is 0 Å². The van der Waals surface area contributed by atoms with Gasteiger partial charge in [0.15, 0.2) is 12.1 Å². The third kappa shape index (κ3) is 19.8. The predicted octanol–water partition coefficient (Wildman–Crippen LogP) is 5.92. The van der Waals surface area contributed by atoms with Gasteiger partial charge >= 0.3 is 6.18 Å². The number of benzene rings is 2. The minimum atomic E-state index is -4.26. The number of carbonyl (C=O) groups excluding carboxylic acids is 3. The maximum Gasteiger partial charge on any atom is 0.401 e. The van der Waals surface area contributed by atoms with Crippen LogP contribution < -0.4 is 16.6 Å². The van der Waals surface area contributed by atoms with Crippen molar-refractivity contribution >= 4 is 18.4 Å². The number of ketones is 1. The minimum absolute atomic E-state index is 0.00373. The SMILES string of the molecule is CC(C)C.CN(CCn1cccc(C=O)c1=O)CC(F)(F)F.CNCC(=O)c1cc(-c2c(C)cc(F)cc2C)cc(C)c1F.CO.NCCC=O. The lowest BCUT2D eigenvalue weighted by Gasteiger charge is -2.18. The number of pyridine rings is 1. The van der Waals surface area contributed by atoms with E-state index in [1.54, 1.807) is 40.0 Å². The van der Waals surface area contributed by atoms with Crippen LogP contribution >= 0.6 is 0 Å². The number of nitrogens with two attached hydrogens (primary N) is 1. The summed E-state index contributed by atoms with van der Waals surface area (Å²) in [5.74, 6) is -0.271. The number of hydrogen-bond donors (Lipinski definition) is 3. The molecule has 9 nitrogen and oxygen atoms in total. The zero-order valence-electron chi connectivity index (χ0n) is 31.0. The van der Waals surface area contributed by atoms with Gasteiger partial charge in [-0.05, 0) is 112 Å². The topological polar surface area (TPSA) is 135 Å². The number of alkyl halides is 3. The minimum Gasteiger partial charge on any atom is -0.400 e. The van der Waals surface area contributed by atoms with Crippen LogP contribution in [0.3, 0.4) is 0 Å². The maximum absolute atomic E-state index is 14.2. The monoisotopic (exact) mass is 728 g/mol. The molecule has 1 aromatic heterocycles. The van der Waals surface area contributed by atoms with E-state index in [1.165, 1.54) is 42.1 Å². The highest BCUT2D eigenvalue weighted by Gasteiger charge is 2.29. The van der Waals surface area contributed by atoms with Crippen LogP contribution in [0.2, 0.25) is 0 Å². The zero-order chi connectivity index (χ0) is 39.9. The number of aryl methyl sites for hydroxylation is 3. The molecule has 14 heteroatoms. The summed E-state index contributed by atoms with van der Waals surface area (Å²) in [5.41, 5.74) is 7.96. The molecule has 51 heavy (non-hydrogen) atoms. The number of nitrogens with one attached hydrogen (secondary N) is 1. The summed E-state index contributed by atoms with van der Waals surface area (Å²) in [5, 5.41) is 9.74. The fourth-order valence-corrected chi connectivity index (χ4v) is 4.29. The molecular formula is C37H53F5N4O5. The van der Waals surface area contributed by atoms with Crippen LogP contribution in [0, 0.1) is 38.3 Å². The Bertz CT molecular complexity index is 1530. The van der Waals surface area contributed by atoms with Gasteiger partial charge in [0, 0.05) is 32.8 Å². The number of hydrogen-bond acceptors (Lipinski definition) is 8. The lowest BCUT2D eigenvalue weighted by atomic mass is 9.92. The van der Waals surface area contributed by atoms with E-state index in [2.05, 4.69) is 26.1 Å². The zero-order valence-corrected chi connectivity index (χ0v) is 31.0. The molecule has 0 spiro atoms. The van der Waals surface area contributed by atoms with Gasteiger partial charge in [0.05, 0.1) is 24.2 Å². The Morgan fingerprint density at radius 2 is 1.57 bits per heavy atom. The standard InChI is InChI=1S/C18H19F2NO.C11H13F3N2O2.C4H10.C3H7NO.CH4O/c1-10-6-14(19)7-11(2)17(10)13-5-12(3)18(20)15(8-13)16(22)9-21-4;1-15(8-11(12,13)14)5-6-16-4-2-3-9(7-17)10(16)18;1-4(2)3;4-2-1-3-5;1-2/h5-8,21H,9H2,1-4H3;2-4,7H,5-6,8H2,1H3;4H,1-3H3;3H,1-2,4H2;2H,1H3. The van der Waals surface area contributed by atoms with Crippen molar-refractivity contribution in [3.05, 3.63) is 92.4 Å². The number of aldehydes is 2. The first-order valence-electron chi connectivity index (χ1n) is 16.1. The highest BCUT2D eigenvalue weighted by Crippen LogP contribution is 2.31. The van der Waals surface area contributed by atoms with Gasteiger partial charge in [0.25, 0.3) is 5.56 Å². The maximum atomic E-state index is 14.2. The molecule has 0 atom stereocenters. The molecule has 0 aliphatic carbocycles. The summed E-state index contributed by atoms with van der Waals surface area (Å²) < 4.78 is 65.1. The first-order valence-corrected chi connectivity index (χ1v) is 16.1. The van der Waals surface area contributed by atoms with Crippen molar-refractivity contribution < 1.29 is 41.4 Å². The Kier molecular flexibility index (Phi) is 24.8. The van der Waals surface area contributed by atoms with E-state index in [0.29, 0.717) is 24.8 Å². The van der Waals surface area contributed by atoms with Crippen LogP contribution in [-0.2, 0) is 11.3 Å². The lowest BCUT2D eigenvalue weighted by Crippen LogP contribution is -2.35. The molecule has 0 fully saturated rings. The van der Waals surface area contributed by atoms with Crippen LogP contribution in [0.5, 0.6) is 0 Å². The molecule has 0 saturated carbocycles. The Morgan fingerprint density at radius 1 is 1.02 bits per heavy atom. The highest BCUT2D eigenvalue weighted by molar-refractivity contribution is 5.99. The Balaban J connectivity index is 0. The number of carbonyl (C=O) groups is 3. The molecule has 0 aliphatic heterocycles. The van der Waals surface area contributed by atoms with E-state index in [9.17, 15) is 41.1 Å². The number of likely N-dealkylation sites (N-methyl/N-ethyl adjacent to an activating group) is 2. The van der Waals surface area contributed by atoms with E-state index in [-0.39, 0.29) is 42.4 Å². The van der Waals surface area contributed by atoms with E-state index in [4.69, 9.17) is 10.8 Å². The fraction of sp³-hybridized carbons (Fsp3) is 0.459. The number of nitrogens with zero attached hydrogens (tertiary/aromatic N) is 2. The van der Waals surface area contributed by atoms with Gasteiger partial charge < -0.3 is 25.5 Å². The van der Waals surface area contributed by atoms with Crippen LogP contribution in [0.1, 0.15) is 64.6 Å². The lowest BCUT2D eigenvalue weighted by molar-refractivity contribution is -0.143. The molecule has 3 aromatic rings. The number of Topliss-reactive ketones (excluding diaryl/α,β-unsaturated/α-hetero) is 1. The predicted molar refractivity (Wildman–Crippen MR) is 192 cm³/mol. The molecule has 4 N–H and O–H groups in total. The van der Waals surface area contributed by atoms with Crippen molar-refractivity contribution in [1.82, 2.24) is 14.8 Å². The third-order valence-electron chi connectivity index (χ3n) is 6.31. The van der Waals surface area contributed by atoms with E-state index >= 15 is 0 Å². The highest BCUT2D eigenvalue weighted by atomic mass is 19.4. The quantitative estimate of drug-likeness (QED) is 0.126. The molecule has 0 aliphatic rings. The largest absolute Gasteiger partial charge is 0.401 e. The number of aromatic nitrogens is 1. The molecule has 1 heterocycles. The number of halogens is 5. The molecule has 0 bridgehead atoms. The summed E-state index contributed by atoms with van der Waals surface area (Å²) >= 11 is 0. The first kappa shape index (κ1) is 49.0. The number of aliphatic hydroxyl groups is 1. The smallest absolute Gasteiger partial charge is 0.400 e. The second-order valence-electron chi connectivity index (χ2n) is 11.9. The van der Waals surface area contributed by atoms with E-state index in [1.807, 2.05) is 0 Å². The summed E-state index contributed by atoms with van der Waals surface area (Å²) in [6, 6.07) is 9.00. The van der Waals surface area contributed by atoms with Gasteiger partial charge in [-0.15, -0.1) is 0 Å². The Hall–Kier alpha value is -4.11. The van der Waals surface area contributed by atoms with Gasteiger partial charge in [-0.1, -0.05) is 20.8 Å². The molecule has 2 aromatic carbocycles. The van der Waals surface area contributed by atoms with Gasteiger partial charge in [0.1, 0.15) is 17.9 Å². The van der Waals surface area contributed by atoms with Crippen LogP contribution in [0.25, 0.3) is 11.1 Å². The second-order valence-corrected chi connectivity index (χ2v) is 11.9. The average Bonchev–Trinajstić information content (AvgIpc) is 3.02. The van der Waals surface area contributed by atoms with Crippen molar-refractivity contribution in [2.45, 2.75) is 60.7 Å². The molecular weight excluding hydrogens is 675 g/mol. The Morgan fingerprint density at radius 3 is 2.00 bits per heavy atom. The summed E-state index contributed by atoms with van der Waals surface area (Å²) in [6.07, 6.45) is -1.10. The van der Waals surface area contributed by atoms with E-state index in [0.717, 1.165) is 46.5 Å². The fourth-order valence-electron chi connectivity index (χ4n) is 4.29. The van der Waals surface area contributed by atoms with Crippen molar-refractivity contribution in [3.8, 4) is 11.1 Å². The molecule has 0 radical (unpaired) electrons. The van der Waals surface area contributed by atoms with Crippen molar-refractivity contribution in [2.75, 3.05) is 47.4 Å². The van der Waals surface area contributed by atoms with Crippen LogP contribution in [0.15, 0.2) is 47.4 Å².